The minimum absolute atomic E-state index is 0.0388. The minimum atomic E-state index is -3.61. The van der Waals surface area contributed by atoms with Crippen LogP contribution in [0.15, 0.2) is 46.0 Å². The van der Waals surface area contributed by atoms with Gasteiger partial charge in [-0.25, -0.2) is 27.3 Å². The van der Waals surface area contributed by atoms with Crippen molar-refractivity contribution in [3.05, 3.63) is 62.5 Å². The molecule has 1 aliphatic heterocycles. The van der Waals surface area contributed by atoms with Crippen molar-refractivity contribution in [1.82, 2.24) is 15.0 Å². The van der Waals surface area contributed by atoms with Crippen molar-refractivity contribution in [1.29, 1.82) is 0 Å². The van der Waals surface area contributed by atoms with E-state index in [4.69, 9.17) is 35.5 Å². The first-order valence-corrected chi connectivity index (χ1v) is 16.2. The van der Waals surface area contributed by atoms with E-state index in [1.165, 1.54) is 36.6 Å². The summed E-state index contributed by atoms with van der Waals surface area (Å²) in [5.41, 5.74) is 0.168. The predicted octanol–water partition coefficient (Wildman–Crippen LogP) is 2.98. The number of halogens is 2. The normalized spacial score (nSPS) is 24.9. The lowest BCUT2D eigenvalue weighted by Gasteiger charge is -2.71. The van der Waals surface area contributed by atoms with E-state index in [1.54, 1.807) is 13.3 Å². The van der Waals surface area contributed by atoms with Gasteiger partial charge in [0, 0.05) is 45.9 Å². The highest BCUT2D eigenvalue weighted by Crippen LogP contribution is 2.71. The highest BCUT2D eigenvalue weighted by Gasteiger charge is 2.71. The van der Waals surface area contributed by atoms with E-state index in [1.807, 2.05) is 5.38 Å². The fourth-order valence-corrected chi connectivity index (χ4v) is 8.04. The van der Waals surface area contributed by atoms with Crippen molar-refractivity contribution < 1.29 is 36.6 Å². The third-order valence-electron chi connectivity index (χ3n) is 7.57. The van der Waals surface area contributed by atoms with Gasteiger partial charge in [-0.15, -0.1) is 11.3 Å². The number of rotatable bonds is 15. The molecule has 228 valence electrons. The van der Waals surface area contributed by atoms with Crippen LogP contribution in [0.1, 0.15) is 35.9 Å². The Labute approximate surface area is 252 Å². The van der Waals surface area contributed by atoms with Crippen molar-refractivity contribution in [3.63, 3.8) is 0 Å². The average molecular weight is 643 g/mol. The SMILES string of the molecule is COCCOCCOCCS(=O)(=O)NC12CC(C3=C(C(=O)OC)[C@@H](c4ccc(F)cc4Cl)N=C(c4nccs4)N3)(C1)C2. The molecule has 1 aromatic heterocycles. The van der Waals surface area contributed by atoms with E-state index >= 15 is 0 Å². The van der Waals surface area contributed by atoms with Gasteiger partial charge in [-0.2, -0.15) is 0 Å². The summed E-state index contributed by atoms with van der Waals surface area (Å²) in [5.74, 6) is -0.853. The number of benzene rings is 1. The van der Waals surface area contributed by atoms with Crippen LogP contribution in [0.2, 0.25) is 5.02 Å². The van der Waals surface area contributed by atoms with E-state index in [2.05, 4.69) is 15.0 Å². The first-order chi connectivity index (χ1) is 20.1. The summed E-state index contributed by atoms with van der Waals surface area (Å²) < 4.78 is 63.2. The highest BCUT2D eigenvalue weighted by molar-refractivity contribution is 7.89. The van der Waals surface area contributed by atoms with E-state index in [9.17, 15) is 17.6 Å². The third kappa shape index (κ3) is 6.39. The van der Waals surface area contributed by atoms with Crippen LogP contribution in [0.4, 0.5) is 4.39 Å². The molecule has 42 heavy (non-hydrogen) atoms. The Morgan fingerprint density at radius 2 is 1.88 bits per heavy atom. The number of carbonyl (C=O) groups is 1. The minimum Gasteiger partial charge on any atom is -0.466 e. The van der Waals surface area contributed by atoms with Gasteiger partial charge in [0.05, 0.1) is 51.5 Å². The fourth-order valence-electron chi connectivity index (χ4n) is 5.86. The number of ether oxygens (including phenoxy) is 4. The van der Waals surface area contributed by atoms with Gasteiger partial charge < -0.3 is 24.3 Å². The van der Waals surface area contributed by atoms with Gasteiger partial charge in [0.1, 0.15) is 11.9 Å². The number of carbonyl (C=O) groups excluding carboxylic acids is 1. The molecule has 0 amide bonds. The van der Waals surface area contributed by atoms with Gasteiger partial charge in [0.2, 0.25) is 10.0 Å². The summed E-state index contributed by atoms with van der Waals surface area (Å²) >= 11 is 7.81. The molecule has 2 N–H and O–H groups in total. The maximum Gasteiger partial charge on any atom is 0.338 e. The quantitative estimate of drug-likeness (QED) is 0.222. The summed E-state index contributed by atoms with van der Waals surface area (Å²) in [6, 6.07) is 3.06. The maximum absolute atomic E-state index is 13.9. The molecule has 1 atom stereocenters. The number of nitrogens with zero attached hydrogens (tertiary/aromatic N) is 2. The standard InChI is InChI=1S/C27H32ClFN4O7S2/c1-37-6-7-39-8-9-40-10-12-42(35,36)33-27-14-26(15-27,16-27)22-20(25(34)38-2)21(18-4-3-17(29)13-19(18)28)31-23(32-22)24-30-5-11-41-24/h3-5,11,13,21,33H,6-10,12,14-16H2,1-2H3,(H,31,32)/t21-,26?,27?/m1/s1. The molecular formula is C27H32ClFN4O7S2. The summed E-state index contributed by atoms with van der Waals surface area (Å²) in [6.45, 7) is 1.60. The monoisotopic (exact) mass is 642 g/mol. The third-order valence-corrected chi connectivity index (χ3v) is 10.1. The van der Waals surface area contributed by atoms with Crippen LogP contribution in [-0.2, 0) is 33.8 Å². The van der Waals surface area contributed by atoms with Crippen LogP contribution < -0.4 is 10.0 Å². The Balaban J connectivity index is 1.32. The van der Waals surface area contributed by atoms with E-state index in [0.717, 1.165) is 0 Å². The fraction of sp³-hybridized carbons (Fsp3) is 0.519. The Morgan fingerprint density at radius 3 is 2.52 bits per heavy atom. The number of amidine groups is 1. The molecule has 2 heterocycles. The zero-order chi connectivity index (χ0) is 30.0. The van der Waals surface area contributed by atoms with Gasteiger partial charge in [0.15, 0.2) is 10.8 Å². The van der Waals surface area contributed by atoms with Gasteiger partial charge in [-0.1, -0.05) is 17.7 Å². The number of esters is 1. The van der Waals surface area contributed by atoms with Crippen LogP contribution >= 0.6 is 22.9 Å². The molecule has 6 rings (SSSR count). The van der Waals surface area contributed by atoms with Gasteiger partial charge in [-0.3, -0.25) is 4.99 Å². The topological polar surface area (TPSA) is 137 Å². The average Bonchev–Trinajstić information content (AvgIpc) is 3.46. The number of nitrogens with one attached hydrogen (secondary N) is 2. The Bertz CT molecular complexity index is 1460. The van der Waals surface area contributed by atoms with Crippen molar-refractivity contribution in [2.75, 3.05) is 53.0 Å². The van der Waals surface area contributed by atoms with Crippen molar-refractivity contribution in [2.45, 2.75) is 30.8 Å². The van der Waals surface area contributed by atoms with Crippen molar-refractivity contribution in [3.8, 4) is 0 Å². The number of hydrogen-bond acceptors (Lipinski definition) is 11. The van der Waals surface area contributed by atoms with Gasteiger partial charge in [-0.05, 0) is 31.4 Å². The van der Waals surface area contributed by atoms with Crippen molar-refractivity contribution >= 4 is 44.8 Å². The zero-order valence-corrected chi connectivity index (χ0v) is 25.5. The first kappa shape index (κ1) is 31.0. The molecule has 15 heteroatoms. The Hall–Kier alpha value is -2.46. The van der Waals surface area contributed by atoms with Crippen LogP contribution in [0.3, 0.4) is 0 Å². The molecule has 0 radical (unpaired) electrons. The lowest BCUT2D eigenvalue weighted by Crippen LogP contribution is -2.76. The first-order valence-electron chi connectivity index (χ1n) is 13.3. The molecule has 3 fully saturated rings. The second-order valence-corrected chi connectivity index (χ2v) is 13.7. The maximum atomic E-state index is 13.9. The number of hydrogen-bond donors (Lipinski definition) is 2. The molecule has 0 unspecified atom stereocenters. The second kappa shape index (κ2) is 12.6. The molecule has 0 saturated heterocycles. The molecule has 4 aliphatic rings. The number of thiazole rings is 1. The molecular weight excluding hydrogens is 611 g/mol. The van der Waals surface area contributed by atoms with E-state index in [-0.39, 0.29) is 29.6 Å². The Kier molecular flexibility index (Phi) is 9.33. The Morgan fingerprint density at radius 1 is 1.17 bits per heavy atom. The smallest absolute Gasteiger partial charge is 0.338 e. The molecule has 0 spiro atoms. The van der Waals surface area contributed by atoms with Crippen LogP contribution in [0.25, 0.3) is 0 Å². The van der Waals surface area contributed by atoms with Gasteiger partial charge in [0.25, 0.3) is 0 Å². The number of aliphatic imine (C=N–C) groups is 1. The van der Waals surface area contributed by atoms with Crippen LogP contribution in [0, 0.1) is 11.2 Å². The second-order valence-electron chi connectivity index (χ2n) is 10.5. The van der Waals surface area contributed by atoms with Gasteiger partial charge >= 0.3 is 5.97 Å². The van der Waals surface area contributed by atoms with Crippen molar-refractivity contribution in [2.24, 2.45) is 10.4 Å². The molecule has 11 nitrogen and oxygen atoms in total. The zero-order valence-electron chi connectivity index (χ0n) is 23.2. The lowest BCUT2D eigenvalue weighted by molar-refractivity contribution is -0.138. The van der Waals surface area contributed by atoms with Crippen LogP contribution in [-0.4, -0.2) is 83.8 Å². The molecule has 2 bridgehead atoms. The van der Waals surface area contributed by atoms with E-state index < -0.39 is 38.8 Å². The molecule has 2 aromatic rings. The van der Waals surface area contributed by atoms with Crippen LogP contribution in [0.5, 0.6) is 0 Å². The molecule has 1 aromatic carbocycles. The summed E-state index contributed by atoms with van der Waals surface area (Å²) in [5, 5.41) is 5.85. The summed E-state index contributed by atoms with van der Waals surface area (Å²) in [4.78, 5) is 22.4. The number of aromatic nitrogens is 1. The lowest BCUT2D eigenvalue weighted by atomic mass is 9.38. The predicted molar refractivity (Wildman–Crippen MR) is 154 cm³/mol. The largest absolute Gasteiger partial charge is 0.466 e. The summed E-state index contributed by atoms with van der Waals surface area (Å²) in [7, 11) is -0.750. The number of sulfonamides is 1. The molecule has 3 aliphatic carbocycles. The summed E-state index contributed by atoms with van der Waals surface area (Å²) in [6.07, 6.45) is 3.08. The number of allylic oxidation sites excluding steroid dienone is 1. The molecule has 3 saturated carbocycles. The highest BCUT2D eigenvalue weighted by atomic mass is 35.5. The van der Waals surface area contributed by atoms with E-state index in [0.29, 0.717) is 61.2 Å². The number of methoxy groups -OCH3 is 2.